The third-order valence-corrected chi connectivity index (χ3v) is 2.11. The molecule has 0 saturated carbocycles. The lowest BCUT2D eigenvalue weighted by Gasteiger charge is -2.00. The van der Waals surface area contributed by atoms with Crippen LogP contribution in [0.4, 0.5) is 4.39 Å². The van der Waals surface area contributed by atoms with E-state index < -0.39 is 5.97 Å². The summed E-state index contributed by atoms with van der Waals surface area (Å²) in [4.78, 5) is 13.6. The van der Waals surface area contributed by atoms with Gasteiger partial charge in [0.1, 0.15) is 5.82 Å². The number of carboxylic acid groups (broad SMARTS) is 1. The third kappa shape index (κ3) is 1.74. The molecule has 1 aromatic carbocycles. The van der Waals surface area contributed by atoms with Gasteiger partial charge in [-0.25, -0.2) is 9.18 Å². The maximum absolute atomic E-state index is 12.7. The van der Waals surface area contributed by atoms with Gasteiger partial charge in [0.05, 0.1) is 11.3 Å². The van der Waals surface area contributed by atoms with Gasteiger partial charge in [-0.3, -0.25) is 0 Å². The van der Waals surface area contributed by atoms with E-state index in [9.17, 15) is 9.18 Å². The Hall–Kier alpha value is -2.10. The summed E-state index contributed by atoms with van der Waals surface area (Å²) in [7, 11) is 0. The van der Waals surface area contributed by atoms with Crippen LogP contribution in [0.25, 0.3) is 11.3 Å². The molecule has 15 heavy (non-hydrogen) atoms. The van der Waals surface area contributed by atoms with E-state index in [-0.39, 0.29) is 11.4 Å². The van der Waals surface area contributed by atoms with Gasteiger partial charge in [0, 0.05) is 6.20 Å². The Morgan fingerprint density at radius 2 is 1.87 bits per heavy atom. The molecule has 76 valence electrons. The molecule has 0 aliphatic heterocycles. The number of hydrogen-bond donors (Lipinski definition) is 2. The predicted octanol–water partition coefficient (Wildman–Crippen LogP) is 2.52. The minimum Gasteiger partial charge on any atom is -0.478 e. The number of halogens is 1. The van der Waals surface area contributed by atoms with Gasteiger partial charge in [0.15, 0.2) is 0 Å². The first-order valence-corrected chi connectivity index (χ1v) is 4.35. The van der Waals surface area contributed by atoms with Crippen molar-refractivity contribution >= 4 is 5.97 Å². The Kier molecular flexibility index (Phi) is 2.25. The largest absolute Gasteiger partial charge is 0.478 e. The van der Waals surface area contributed by atoms with Crippen LogP contribution in [-0.4, -0.2) is 16.1 Å². The van der Waals surface area contributed by atoms with Crippen LogP contribution in [0, 0.1) is 5.82 Å². The average molecular weight is 205 g/mol. The zero-order valence-corrected chi connectivity index (χ0v) is 7.70. The molecule has 0 spiro atoms. The van der Waals surface area contributed by atoms with Gasteiger partial charge in [0.25, 0.3) is 0 Å². The molecule has 0 aliphatic carbocycles. The Morgan fingerprint density at radius 3 is 2.47 bits per heavy atom. The fourth-order valence-electron chi connectivity index (χ4n) is 1.40. The van der Waals surface area contributed by atoms with Crippen LogP contribution < -0.4 is 0 Å². The second kappa shape index (κ2) is 3.57. The summed E-state index contributed by atoms with van der Waals surface area (Å²) in [5.41, 5.74) is 1.32. The Labute approximate surface area is 85.2 Å². The molecule has 0 radical (unpaired) electrons. The molecule has 4 heteroatoms. The van der Waals surface area contributed by atoms with Crippen molar-refractivity contribution in [1.82, 2.24) is 4.98 Å². The van der Waals surface area contributed by atoms with Crippen LogP contribution in [0.3, 0.4) is 0 Å². The lowest BCUT2D eigenvalue weighted by molar-refractivity contribution is 0.0698. The van der Waals surface area contributed by atoms with E-state index in [1.54, 1.807) is 6.20 Å². The van der Waals surface area contributed by atoms with Crippen molar-refractivity contribution in [3.63, 3.8) is 0 Å². The minimum atomic E-state index is -1.00. The van der Waals surface area contributed by atoms with Crippen LogP contribution in [0.2, 0.25) is 0 Å². The van der Waals surface area contributed by atoms with E-state index >= 15 is 0 Å². The Morgan fingerprint density at radius 1 is 1.20 bits per heavy atom. The van der Waals surface area contributed by atoms with Crippen molar-refractivity contribution in [3.8, 4) is 11.3 Å². The van der Waals surface area contributed by atoms with Gasteiger partial charge < -0.3 is 10.1 Å². The van der Waals surface area contributed by atoms with Crippen LogP contribution in [0.1, 0.15) is 10.4 Å². The van der Waals surface area contributed by atoms with Crippen LogP contribution >= 0.6 is 0 Å². The summed E-state index contributed by atoms with van der Waals surface area (Å²) in [5, 5.41) is 8.88. The topological polar surface area (TPSA) is 53.1 Å². The molecule has 0 unspecified atom stereocenters. The SMILES string of the molecule is O=C(O)c1cc[nH]c1-c1ccc(F)cc1. The number of aromatic amines is 1. The first-order valence-electron chi connectivity index (χ1n) is 4.35. The minimum absolute atomic E-state index is 0.182. The number of hydrogen-bond acceptors (Lipinski definition) is 1. The highest BCUT2D eigenvalue weighted by Gasteiger charge is 2.12. The summed E-state index contributed by atoms with van der Waals surface area (Å²) < 4.78 is 12.7. The number of rotatable bonds is 2. The number of aromatic nitrogens is 1. The van der Waals surface area contributed by atoms with Gasteiger partial charge in [-0.15, -0.1) is 0 Å². The van der Waals surface area contributed by atoms with E-state index in [2.05, 4.69) is 4.98 Å². The van der Waals surface area contributed by atoms with Gasteiger partial charge >= 0.3 is 5.97 Å². The molecule has 2 rings (SSSR count). The average Bonchev–Trinajstić information content (AvgIpc) is 2.67. The quantitative estimate of drug-likeness (QED) is 0.791. The van der Waals surface area contributed by atoms with E-state index in [4.69, 9.17) is 5.11 Å². The van der Waals surface area contributed by atoms with Crippen LogP contribution in [-0.2, 0) is 0 Å². The van der Waals surface area contributed by atoms with Gasteiger partial charge in [-0.1, -0.05) is 0 Å². The van der Waals surface area contributed by atoms with Gasteiger partial charge in [0.2, 0.25) is 0 Å². The maximum Gasteiger partial charge on any atom is 0.337 e. The van der Waals surface area contributed by atoms with Crippen molar-refractivity contribution in [2.45, 2.75) is 0 Å². The number of carboxylic acids is 1. The molecule has 3 nitrogen and oxygen atoms in total. The first kappa shape index (κ1) is 9.45. The van der Waals surface area contributed by atoms with Gasteiger partial charge in [-0.05, 0) is 35.9 Å². The summed E-state index contributed by atoms with van der Waals surface area (Å²) >= 11 is 0. The van der Waals surface area contributed by atoms with Crippen molar-refractivity contribution in [3.05, 3.63) is 47.9 Å². The summed E-state index contributed by atoms with van der Waals surface area (Å²) in [5.74, 6) is -1.35. The standard InChI is InChI=1S/C11H8FNO2/c12-8-3-1-7(2-4-8)10-9(11(14)15)5-6-13-10/h1-6,13H,(H,14,15). The second-order valence-corrected chi connectivity index (χ2v) is 3.08. The lowest BCUT2D eigenvalue weighted by atomic mass is 10.1. The molecule has 2 N–H and O–H groups in total. The summed E-state index contributed by atoms with van der Waals surface area (Å²) in [6, 6.07) is 7.13. The molecule has 1 heterocycles. The van der Waals surface area contributed by atoms with E-state index in [1.165, 1.54) is 30.3 Å². The highest BCUT2D eigenvalue weighted by Crippen LogP contribution is 2.22. The molecule has 0 aliphatic rings. The van der Waals surface area contributed by atoms with Crippen molar-refractivity contribution in [1.29, 1.82) is 0 Å². The van der Waals surface area contributed by atoms with Crippen LogP contribution in [0.15, 0.2) is 36.5 Å². The molecular weight excluding hydrogens is 197 g/mol. The van der Waals surface area contributed by atoms with E-state index in [0.717, 1.165) is 0 Å². The van der Waals surface area contributed by atoms with Crippen molar-refractivity contribution in [2.24, 2.45) is 0 Å². The maximum atomic E-state index is 12.7. The second-order valence-electron chi connectivity index (χ2n) is 3.08. The Balaban J connectivity index is 2.49. The first-order chi connectivity index (χ1) is 7.18. The number of H-pyrrole nitrogens is 1. The predicted molar refractivity (Wildman–Crippen MR) is 53.1 cm³/mol. The molecule has 0 bridgehead atoms. The molecule has 2 aromatic rings. The van der Waals surface area contributed by atoms with Gasteiger partial charge in [-0.2, -0.15) is 0 Å². The molecule has 0 atom stereocenters. The molecule has 0 saturated heterocycles. The molecular formula is C11H8FNO2. The lowest BCUT2D eigenvalue weighted by Crippen LogP contribution is -1.96. The third-order valence-electron chi connectivity index (χ3n) is 2.11. The summed E-state index contributed by atoms with van der Waals surface area (Å²) in [6.07, 6.45) is 1.54. The molecule has 0 fully saturated rings. The van der Waals surface area contributed by atoms with E-state index in [1.807, 2.05) is 0 Å². The number of carbonyl (C=O) groups is 1. The number of nitrogens with one attached hydrogen (secondary N) is 1. The van der Waals surface area contributed by atoms with Crippen LogP contribution in [0.5, 0.6) is 0 Å². The zero-order chi connectivity index (χ0) is 10.8. The summed E-state index contributed by atoms with van der Waals surface area (Å²) in [6.45, 7) is 0. The smallest absolute Gasteiger partial charge is 0.337 e. The Bertz CT molecular complexity index is 488. The normalized spacial score (nSPS) is 10.2. The monoisotopic (exact) mass is 205 g/mol. The number of aromatic carboxylic acids is 1. The molecule has 1 aromatic heterocycles. The fourth-order valence-corrected chi connectivity index (χ4v) is 1.40. The van der Waals surface area contributed by atoms with Crippen molar-refractivity contribution in [2.75, 3.05) is 0 Å². The fraction of sp³-hybridized carbons (Fsp3) is 0. The highest BCUT2D eigenvalue weighted by molar-refractivity contribution is 5.95. The molecule has 0 amide bonds. The van der Waals surface area contributed by atoms with E-state index in [0.29, 0.717) is 11.3 Å². The van der Waals surface area contributed by atoms with Crippen molar-refractivity contribution < 1.29 is 14.3 Å². The highest BCUT2D eigenvalue weighted by atomic mass is 19.1. The number of benzene rings is 1. The zero-order valence-electron chi connectivity index (χ0n) is 7.70.